The summed E-state index contributed by atoms with van der Waals surface area (Å²) in [5, 5.41) is 13.4. The van der Waals surface area contributed by atoms with Crippen LogP contribution < -0.4 is 5.32 Å². The Labute approximate surface area is 154 Å². The molecule has 8 heteroatoms. The van der Waals surface area contributed by atoms with Crippen LogP contribution in [-0.2, 0) is 20.8 Å². The van der Waals surface area contributed by atoms with Gasteiger partial charge < -0.3 is 5.32 Å². The van der Waals surface area contributed by atoms with E-state index in [-0.39, 0.29) is 36.8 Å². The van der Waals surface area contributed by atoms with Gasteiger partial charge in [0.2, 0.25) is 17.7 Å². The van der Waals surface area contributed by atoms with Gasteiger partial charge in [0.15, 0.2) is 0 Å². The molecule has 0 bridgehead atoms. The van der Waals surface area contributed by atoms with E-state index in [0.29, 0.717) is 5.69 Å². The number of non-ortho nitro benzene ring substituents is 1. The van der Waals surface area contributed by atoms with Gasteiger partial charge in [0.25, 0.3) is 5.69 Å². The number of likely N-dealkylation sites (tertiary alicyclic amines) is 1. The third kappa shape index (κ3) is 4.17. The molecule has 1 saturated heterocycles. The van der Waals surface area contributed by atoms with Crippen molar-refractivity contribution in [3.8, 4) is 0 Å². The van der Waals surface area contributed by atoms with Crippen molar-refractivity contribution in [2.45, 2.75) is 25.3 Å². The molecule has 0 saturated carbocycles. The number of carbonyl (C=O) groups is 3. The molecule has 1 aliphatic rings. The largest absolute Gasteiger partial charge is 0.324 e. The maximum Gasteiger partial charge on any atom is 0.269 e. The van der Waals surface area contributed by atoms with Crippen molar-refractivity contribution in [1.29, 1.82) is 0 Å². The summed E-state index contributed by atoms with van der Waals surface area (Å²) in [4.78, 5) is 48.3. The number of benzene rings is 2. The number of amides is 3. The Kier molecular flexibility index (Phi) is 5.25. The van der Waals surface area contributed by atoms with Crippen LogP contribution in [0.2, 0.25) is 0 Å². The lowest BCUT2D eigenvalue weighted by Gasteiger charge is -2.25. The van der Waals surface area contributed by atoms with Crippen molar-refractivity contribution in [1.82, 2.24) is 4.90 Å². The summed E-state index contributed by atoms with van der Waals surface area (Å²) < 4.78 is 0. The zero-order valence-corrected chi connectivity index (χ0v) is 14.3. The molecule has 1 atom stereocenters. The van der Waals surface area contributed by atoms with E-state index in [2.05, 4.69) is 5.32 Å². The highest BCUT2D eigenvalue weighted by Crippen LogP contribution is 2.21. The van der Waals surface area contributed by atoms with E-state index >= 15 is 0 Å². The lowest BCUT2D eigenvalue weighted by Crippen LogP contribution is -2.48. The van der Waals surface area contributed by atoms with Gasteiger partial charge in [0.05, 0.1) is 4.92 Å². The zero-order chi connectivity index (χ0) is 19.4. The maximum atomic E-state index is 12.8. The van der Waals surface area contributed by atoms with E-state index in [1.807, 2.05) is 30.3 Å². The SMILES string of the molecule is O=C(Nc1ccc([N+](=O)[O-])cc1)[C@H](Cc1ccccc1)N1C(=O)CCC1=O. The first kappa shape index (κ1) is 18.2. The molecule has 0 spiro atoms. The number of hydrogen-bond acceptors (Lipinski definition) is 5. The summed E-state index contributed by atoms with van der Waals surface area (Å²) in [7, 11) is 0. The molecular formula is C19H17N3O5. The quantitative estimate of drug-likeness (QED) is 0.478. The molecule has 0 radical (unpaired) electrons. The predicted octanol–water partition coefficient (Wildman–Crippen LogP) is 2.29. The maximum absolute atomic E-state index is 12.8. The van der Waals surface area contributed by atoms with E-state index in [1.165, 1.54) is 24.3 Å². The van der Waals surface area contributed by atoms with E-state index in [1.54, 1.807) is 0 Å². The fourth-order valence-electron chi connectivity index (χ4n) is 2.97. The van der Waals surface area contributed by atoms with E-state index < -0.39 is 16.9 Å². The van der Waals surface area contributed by atoms with Gasteiger partial charge in [-0.15, -0.1) is 0 Å². The van der Waals surface area contributed by atoms with Crippen LogP contribution in [0.4, 0.5) is 11.4 Å². The fourth-order valence-corrected chi connectivity index (χ4v) is 2.97. The molecule has 1 heterocycles. The first-order valence-corrected chi connectivity index (χ1v) is 8.40. The Morgan fingerprint density at radius 3 is 2.19 bits per heavy atom. The minimum atomic E-state index is -0.981. The minimum Gasteiger partial charge on any atom is -0.324 e. The van der Waals surface area contributed by atoms with E-state index in [0.717, 1.165) is 10.5 Å². The second kappa shape index (κ2) is 7.77. The van der Waals surface area contributed by atoms with Gasteiger partial charge in [0, 0.05) is 37.1 Å². The lowest BCUT2D eigenvalue weighted by atomic mass is 10.0. The molecule has 0 unspecified atom stereocenters. The van der Waals surface area contributed by atoms with E-state index in [9.17, 15) is 24.5 Å². The van der Waals surface area contributed by atoms with E-state index in [4.69, 9.17) is 0 Å². The van der Waals surface area contributed by atoms with Crippen LogP contribution >= 0.6 is 0 Å². The number of nitrogens with one attached hydrogen (secondary N) is 1. The summed E-state index contributed by atoms with van der Waals surface area (Å²) in [6.45, 7) is 0. The first-order chi connectivity index (χ1) is 13.0. The highest BCUT2D eigenvalue weighted by molar-refractivity contribution is 6.07. The Morgan fingerprint density at radius 2 is 1.63 bits per heavy atom. The van der Waals surface area contributed by atoms with Gasteiger partial charge in [-0.1, -0.05) is 30.3 Å². The van der Waals surface area contributed by atoms with Crippen molar-refractivity contribution < 1.29 is 19.3 Å². The smallest absolute Gasteiger partial charge is 0.269 e. The second-order valence-corrected chi connectivity index (χ2v) is 6.16. The summed E-state index contributed by atoms with van der Waals surface area (Å²) in [6.07, 6.45) is 0.376. The molecule has 0 aliphatic carbocycles. The van der Waals surface area contributed by atoms with Crippen LogP contribution in [0.25, 0.3) is 0 Å². The Hall–Kier alpha value is -3.55. The highest BCUT2D eigenvalue weighted by Gasteiger charge is 2.38. The number of imide groups is 1. The highest BCUT2D eigenvalue weighted by atomic mass is 16.6. The topological polar surface area (TPSA) is 110 Å². The third-order valence-electron chi connectivity index (χ3n) is 4.32. The molecule has 3 amide bonds. The van der Waals surface area contributed by atoms with Gasteiger partial charge in [-0.2, -0.15) is 0 Å². The van der Waals surface area contributed by atoms with Crippen molar-refractivity contribution in [3.05, 3.63) is 70.3 Å². The number of nitro benzene ring substituents is 1. The second-order valence-electron chi connectivity index (χ2n) is 6.16. The van der Waals surface area contributed by atoms with Gasteiger partial charge in [-0.05, 0) is 17.7 Å². The molecule has 3 rings (SSSR count). The number of nitro groups is 1. The van der Waals surface area contributed by atoms with Gasteiger partial charge in [0.1, 0.15) is 6.04 Å². The molecule has 27 heavy (non-hydrogen) atoms. The average Bonchev–Trinajstić information content (AvgIpc) is 2.99. The zero-order valence-electron chi connectivity index (χ0n) is 14.3. The predicted molar refractivity (Wildman–Crippen MR) is 96.7 cm³/mol. The lowest BCUT2D eigenvalue weighted by molar-refractivity contribution is -0.384. The molecule has 1 fully saturated rings. The van der Waals surface area contributed by atoms with Crippen LogP contribution in [0, 0.1) is 10.1 Å². The molecule has 0 aromatic heterocycles. The fraction of sp³-hybridized carbons (Fsp3) is 0.211. The molecular weight excluding hydrogens is 350 g/mol. The van der Waals surface area contributed by atoms with Crippen LogP contribution in [0.5, 0.6) is 0 Å². The molecule has 1 N–H and O–H groups in total. The summed E-state index contributed by atoms with van der Waals surface area (Å²) >= 11 is 0. The van der Waals surface area contributed by atoms with Crippen LogP contribution in [0.1, 0.15) is 18.4 Å². The van der Waals surface area contributed by atoms with Crippen molar-refractivity contribution in [2.75, 3.05) is 5.32 Å². The van der Waals surface area contributed by atoms with Crippen LogP contribution in [0.3, 0.4) is 0 Å². The summed E-state index contributed by atoms with van der Waals surface area (Å²) in [6, 6.07) is 13.5. The van der Waals surface area contributed by atoms with Gasteiger partial charge in [-0.3, -0.25) is 29.4 Å². The summed E-state index contributed by atoms with van der Waals surface area (Å²) in [5.41, 5.74) is 1.07. The number of rotatable bonds is 6. The number of hydrogen-bond donors (Lipinski definition) is 1. The third-order valence-corrected chi connectivity index (χ3v) is 4.32. The normalized spacial score (nSPS) is 14.9. The summed E-state index contributed by atoms with van der Waals surface area (Å²) in [5.74, 6) is -1.27. The molecule has 2 aromatic carbocycles. The van der Waals surface area contributed by atoms with Gasteiger partial charge >= 0.3 is 0 Å². The minimum absolute atomic E-state index is 0.0922. The van der Waals surface area contributed by atoms with Crippen molar-refractivity contribution in [3.63, 3.8) is 0 Å². The average molecular weight is 367 g/mol. The van der Waals surface area contributed by atoms with Crippen molar-refractivity contribution in [2.24, 2.45) is 0 Å². The number of carbonyl (C=O) groups excluding carboxylic acids is 3. The van der Waals surface area contributed by atoms with Crippen LogP contribution in [0.15, 0.2) is 54.6 Å². The number of nitrogens with zero attached hydrogens (tertiary/aromatic N) is 2. The number of anilines is 1. The molecule has 138 valence electrons. The van der Waals surface area contributed by atoms with Crippen molar-refractivity contribution >= 4 is 29.1 Å². The molecule has 2 aromatic rings. The monoisotopic (exact) mass is 367 g/mol. The Bertz CT molecular complexity index is 864. The Balaban J connectivity index is 1.82. The first-order valence-electron chi connectivity index (χ1n) is 8.40. The Morgan fingerprint density at radius 1 is 1.04 bits per heavy atom. The standard InChI is InChI=1S/C19H17N3O5/c23-17-10-11-18(24)21(17)16(12-13-4-2-1-3-5-13)19(25)20-14-6-8-15(9-7-14)22(26)27/h1-9,16H,10-12H2,(H,20,25)/t16-/m0/s1. The molecule has 8 nitrogen and oxygen atoms in total. The molecule has 1 aliphatic heterocycles. The van der Waals surface area contributed by atoms with Gasteiger partial charge in [-0.25, -0.2) is 0 Å². The van der Waals surface area contributed by atoms with Crippen LogP contribution in [-0.4, -0.2) is 33.6 Å².